The van der Waals surface area contributed by atoms with Crippen molar-refractivity contribution in [3.05, 3.63) is 65.5 Å². The van der Waals surface area contributed by atoms with Crippen molar-refractivity contribution in [2.24, 2.45) is 0 Å². The summed E-state index contributed by atoms with van der Waals surface area (Å²) in [4.78, 5) is 23.4. The van der Waals surface area contributed by atoms with Crippen LogP contribution >= 0.6 is 0 Å². The van der Waals surface area contributed by atoms with Crippen LogP contribution in [0.2, 0.25) is 0 Å². The van der Waals surface area contributed by atoms with E-state index in [1.807, 2.05) is 18.2 Å². The first-order valence-electron chi connectivity index (χ1n) is 7.36. The first kappa shape index (κ1) is 17.5. The van der Waals surface area contributed by atoms with Gasteiger partial charge in [0.15, 0.2) is 6.61 Å². The van der Waals surface area contributed by atoms with Crippen LogP contribution in [0.15, 0.2) is 48.5 Å². The molecule has 0 unspecified atom stereocenters. The Morgan fingerprint density at radius 1 is 1.08 bits per heavy atom. The Morgan fingerprint density at radius 3 is 2.54 bits per heavy atom. The number of benzene rings is 2. The summed E-state index contributed by atoms with van der Waals surface area (Å²) in [6, 6.07) is 12.8. The average molecular weight is 331 g/mol. The van der Waals surface area contributed by atoms with Crippen molar-refractivity contribution in [1.82, 2.24) is 5.32 Å². The van der Waals surface area contributed by atoms with Gasteiger partial charge in [-0.25, -0.2) is 4.39 Å². The number of hydrogen-bond donors (Lipinski definition) is 1. The second-order valence-corrected chi connectivity index (χ2v) is 5.09. The maximum atomic E-state index is 12.8. The maximum Gasteiger partial charge on any atom is 0.310 e. The number of amides is 1. The van der Waals surface area contributed by atoms with Crippen LogP contribution in [0.1, 0.15) is 11.1 Å². The van der Waals surface area contributed by atoms with Crippen molar-refractivity contribution in [2.75, 3.05) is 13.7 Å². The molecule has 0 atom stereocenters. The van der Waals surface area contributed by atoms with Crippen molar-refractivity contribution >= 4 is 11.9 Å². The molecule has 0 radical (unpaired) electrons. The van der Waals surface area contributed by atoms with Gasteiger partial charge < -0.3 is 14.8 Å². The molecule has 6 heteroatoms. The van der Waals surface area contributed by atoms with Crippen molar-refractivity contribution in [1.29, 1.82) is 0 Å². The first-order valence-corrected chi connectivity index (χ1v) is 7.36. The summed E-state index contributed by atoms with van der Waals surface area (Å²) in [5.41, 5.74) is 1.50. The normalized spacial score (nSPS) is 10.1. The van der Waals surface area contributed by atoms with E-state index in [1.165, 1.54) is 24.3 Å². The molecule has 0 fully saturated rings. The number of halogens is 1. The lowest BCUT2D eigenvalue weighted by atomic mass is 10.1. The fraction of sp³-hybridized carbons (Fsp3) is 0.222. The Balaban J connectivity index is 1.72. The van der Waals surface area contributed by atoms with Gasteiger partial charge in [0, 0.05) is 6.54 Å². The molecule has 0 bridgehead atoms. The zero-order valence-corrected chi connectivity index (χ0v) is 13.3. The topological polar surface area (TPSA) is 64.6 Å². The van der Waals surface area contributed by atoms with E-state index in [2.05, 4.69) is 5.32 Å². The van der Waals surface area contributed by atoms with Crippen LogP contribution in [-0.4, -0.2) is 25.6 Å². The minimum absolute atomic E-state index is 0.0105. The van der Waals surface area contributed by atoms with Crippen LogP contribution < -0.4 is 10.1 Å². The predicted molar refractivity (Wildman–Crippen MR) is 85.9 cm³/mol. The second kappa shape index (κ2) is 8.67. The van der Waals surface area contributed by atoms with E-state index in [9.17, 15) is 14.0 Å². The largest absolute Gasteiger partial charge is 0.497 e. The second-order valence-electron chi connectivity index (χ2n) is 5.09. The third-order valence-corrected chi connectivity index (χ3v) is 3.25. The van der Waals surface area contributed by atoms with Crippen LogP contribution in [0, 0.1) is 5.82 Å². The molecule has 0 aliphatic heterocycles. The molecule has 0 saturated heterocycles. The lowest BCUT2D eigenvalue weighted by molar-refractivity contribution is -0.147. The molecule has 0 aliphatic rings. The number of hydrogen-bond acceptors (Lipinski definition) is 4. The maximum absolute atomic E-state index is 12.8. The molecule has 126 valence electrons. The predicted octanol–water partition coefficient (Wildman–Crippen LogP) is 2.24. The molecule has 0 aromatic heterocycles. The number of carbonyl (C=O) groups is 2. The molecule has 5 nitrogen and oxygen atoms in total. The Hall–Kier alpha value is -2.89. The van der Waals surface area contributed by atoms with E-state index in [0.717, 1.165) is 5.56 Å². The summed E-state index contributed by atoms with van der Waals surface area (Å²) in [5, 5.41) is 2.66. The summed E-state index contributed by atoms with van der Waals surface area (Å²) in [6.07, 6.45) is -0.0105. The van der Waals surface area contributed by atoms with E-state index >= 15 is 0 Å². The summed E-state index contributed by atoms with van der Waals surface area (Å²) in [6.45, 7) is -0.0461. The highest BCUT2D eigenvalue weighted by Crippen LogP contribution is 2.12. The van der Waals surface area contributed by atoms with Crippen molar-refractivity contribution in [3.63, 3.8) is 0 Å². The van der Waals surface area contributed by atoms with Crippen molar-refractivity contribution in [2.45, 2.75) is 13.0 Å². The summed E-state index contributed by atoms with van der Waals surface area (Å²) >= 11 is 0. The highest BCUT2D eigenvalue weighted by atomic mass is 19.1. The van der Waals surface area contributed by atoms with Gasteiger partial charge in [0.2, 0.25) is 0 Å². The van der Waals surface area contributed by atoms with Crippen LogP contribution in [0.5, 0.6) is 5.75 Å². The van der Waals surface area contributed by atoms with Crippen LogP contribution in [-0.2, 0) is 27.3 Å². The molecule has 0 spiro atoms. The van der Waals surface area contributed by atoms with Gasteiger partial charge in [-0.05, 0) is 35.4 Å². The van der Waals surface area contributed by atoms with E-state index in [0.29, 0.717) is 17.9 Å². The first-order chi connectivity index (χ1) is 11.6. The third kappa shape index (κ3) is 5.72. The standard InChI is InChI=1S/C18H18FNO4/c1-23-16-4-2-3-14(9-16)11-20-17(21)12-24-18(22)10-13-5-7-15(19)8-6-13/h2-9H,10-12H2,1H3,(H,20,21). The van der Waals surface area contributed by atoms with E-state index in [4.69, 9.17) is 9.47 Å². The van der Waals surface area contributed by atoms with Gasteiger partial charge in [0.25, 0.3) is 5.91 Å². The quantitative estimate of drug-likeness (QED) is 0.790. The zero-order chi connectivity index (χ0) is 17.4. The van der Waals surface area contributed by atoms with Gasteiger partial charge in [-0.3, -0.25) is 9.59 Å². The minimum Gasteiger partial charge on any atom is -0.497 e. The molecule has 2 aromatic carbocycles. The molecule has 2 aromatic rings. The number of nitrogens with one attached hydrogen (secondary N) is 1. The van der Waals surface area contributed by atoms with Gasteiger partial charge in [-0.1, -0.05) is 24.3 Å². The fourth-order valence-electron chi connectivity index (χ4n) is 2.00. The molecule has 1 amide bonds. The molecule has 0 aliphatic carbocycles. The Kier molecular flexibility index (Phi) is 6.31. The molecule has 0 heterocycles. The molecule has 24 heavy (non-hydrogen) atoms. The molecule has 1 N–H and O–H groups in total. The summed E-state index contributed by atoms with van der Waals surface area (Å²) in [5.74, 6) is -0.611. The number of ether oxygens (including phenoxy) is 2. The van der Waals surface area contributed by atoms with Gasteiger partial charge in [0.05, 0.1) is 13.5 Å². The van der Waals surface area contributed by atoms with Crippen molar-refractivity contribution < 1.29 is 23.5 Å². The number of carbonyl (C=O) groups excluding carboxylic acids is 2. The zero-order valence-electron chi connectivity index (χ0n) is 13.3. The Labute approximate surface area is 139 Å². The van der Waals surface area contributed by atoms with Gasteiger partial charge in [-0.2, -0.15) is 0 Å². The van der Waals surface area contributed by atoms with Gasteiger partial charge in [0.1, 0.15) is 11.6 Å². The lowest BCUT2D eigenvalue weighted by Gasteiger charge is -2.08. The lowest BCUT2D eigenvalue weighted by Crippen LogP contribution is -2.28. The van der Waals surface area contributed by atoms with Crippen LogP contribution in [0.3, 0.4) is 0 Å². The average Bonchev–Trinajstić information content (AvgIpc) is 2.60. The van der Waals surface area contributed by atoms with Gasteiger partial charge >= 0.3 is 5.97 Å². The molecule has 0 saturated carbocycles. The van der Waals surface area contributed by atoms with E-state index in [-0.39, 0.29) is 18.8 Å². The van der Waals surface area contributed by atoms with Crippen LogP contribution in [0.4, 0.5) is 4.39 Å². The Bertz CT molecular complexity index is 700. The van der Waals surface area contributed by atoms with E-state index < -0.39 is 11.9 Å². The SMILES string of the molecule is COc1cccc(CNC(=O)COC(=O)Cc2ccc(F)cc2)c1. The number of esters is 1. The van der Waals surface area contributed by atoms with Crippen LogP contribution in [0.25, 0.3) is 0 Å². The number of rotatable bonds is 7. The molecular formula is C18H18FNO4. The minimum atomic E-state index is -0.543. The highest BCUT2D eigenvalue weighted by Gasteiger charge is 2.09. The van der Waals surface area contributed by atoms with Gasteiger partial charge in [-0.15, -0.1) is 0 Å². The Morgan fingerprint density at radius 2 is 1.83 bits per heavy atom. The van der Waals surface area contributed by atoms with E-state index in [1.54, 1.807) is 13.2 Å². The molecular weight excluding hydrogens is 313 g/mol. The van der Waals surface area contributed by atoms with Crippen molar-refractivity contribution in [3.8, 4) is 5.75 Å². The smallest absolute Gasteiger partial charge is 0.310 e. The molecule has 2 rings (SSSR count). The number of methoxy groups -OCH3 is 1. The fourth-order valence-corrected chi connectivity index (χ4v) is 2.00. The summed E-state index contributed by atoms with van der Waals surface area (Å²) in [7, 11) is 1.57. The summed E-state index contributed by atoms with van der Waals surface area (Å²) < 4.78 is 22.8. The third-order valence-electron chi connectivity index (χ3n) is 3.25. The highest BCUT2D eigenvalue weighted by molar-refractivity contribution is 5.81. The monoisotopic (exact) mass is 331 g/mol.